The molecule has 1 aliphatic heterocycles. The van der Waals surface area contributed by atoms with Gasteiger partial charge in [-0.1, -0.05) is 6.07 Å². The summed E-state index contributed by atoms with van der Waals surface area (Å²) in [5.74, 6) is 3.05. The summed E-state index contributed by atoms with van der Waals surface area (Å²) >= 11 is 0. The van der Waals surface area contributed by atoms with Crippen LogP contribution in [0.25, 0.3) is 0 Å². The average Bonchev–Trinajstić information content (AvgIpc) is 2.84. The van der Waals surface area contributed by atoms with E-state index in [0.717, 1.165) is 56.1 Å². The maximum Gasteiger partial charge on any atom is 0.187 e. The fraction of sp³-hybridized carbons (Fsp3) is 0.667. The molecule has 7 heteroatoms. The van der Waals surface area contributed by atoms with Crippen LogP contribution >= 0.6 is 0 Å². The van der Waals surface area contributed by atoms with Crippen LogP contribution in [0.15, 0.2) is 34.5 Å². The molecular formula is C27H43N5O2. The summed E-state index contributed by atoms with van der Waals surface area (Å²) in [5.41, 5.74) is 10.9. The molecule has 0 spiro atoms. The highest BCUT2D eigenvalue weighted by atomic mass is 16.5. The van der Waals surface area contributed by atoms with Crippen LogP contribution in [0.2, 0.25) is 0 Å². The molecule has 0 bridgehead atoms. The Morgan fingerprint density at radius 3 is 2.62 bits per heavy atom. The topological polar surface area (TPSA) is 84.1 Å². The first-order chi connectivity index (χ1) is 16.4. The number of allylic oxidation sites excluding steroid dienone is 1. The number of aliphatic imine (C=N–C) groups is 1. The van der Waals surface area contributed by atoms with Crippen LogP contribution in [0, 0.1) is 11.8 Å². The zero-order valence-electron chi connectivity index (χ0n) is 21.5. The van der Waals surface area contributed by atoms with Crippen molar-refractivity contribution in [2.24, 2.45) is 22.6 Å². The zero-order valence-corrected chi connectivity index (χ0v) is 21.5. The summed E-state index contributed by atoms with van der Waals surface area (Å²) in [7, 11) is 5.86. The van der Waals surface area contributed by atoms with Crippen LogP contribution < -0.4 is 25.8 Å². The Hall–Kier alpha value is -2.25. The number of nitrogens with two attached hydrogens (primary N) is 1. The van der Waals surface area contributed by atoms with Gasteiger partial charge in [0.05, 0.1) is 13.7 Å². The standard InChI is InChI=1S/C27H43N5O2/c1-5-34-25-16-20(12-15-24(25)33-4)18-29-17-19-10-13-21(14-11-19)27(28)30-23-9-7-6-8-22(23)26(31-27)32(2)3/h12,15-16,19,21,29-30H,5-11,13-14,17-18,28H2,1-4H3. The first kappa shape index (κ1) is 24.9. The lowest BCUT2D eigenvalue weighted by Crippen LogP contribution is -2.61. The molecule has 3 aliphatic rings. The second-order valence-corrected chi connectivity index (χ2v) is 10.2. The van der Waals surface area contributed by atoms with Gasteiger partial charge in [-0.2, -0.15) is 0 Å². The maximum atomic E-state index is 6.96. The van der Waals surface area contributed by atoms with Crippen LogP contribution in [-0.2, 0) is 6.54 Å². The number of hydrogen-bond donors (Lipinski definition) is 3. The number of hydrogen-bond acceptors (Lipinski definition) is 7. The quantitative estimate of drug-likeness (QED) is 0.534. The van der Waals surface area contributed by atoms with E-state index in [1.807, 2.05) is 13.0 Å². The van der Waals surface area contributed by atoms with E-state index in [1.165, 1.54) is 42.5 Å². The third-order valence-electron chi connectivity index (χ3n) is 7.56. The van der Waals surface area contributed by atoms with Crippen molar-refractivity contribution in [3.8, 4) is 11.5 Å². The van der Waals surface area contributed by atoms with E-state index in [4.69, 9.17) is 20.2 Å². The van der Waals surface area contributed by atoms with Gasteiger partial charge in [0.15, 0.2) is 17.3 Å². The first-order valence-corrected chi connectivity index (χ1v) is 13.0. The minimum absolute atomic E-state index is 0.366. The Kier molecular flexibility index (Phi) is 8.04. The van der Waals surface area contributed by atoms with Crippen molar-refractivity contribution in [2.45, 2.75) is 70.6 Å². The van der Waals surface area contributed by atoms with E-state index in [0.29, 0.717) is 18.4 Å². The number of amidine groups is 1. The lowest BCUT2D eigenvalue weighted by atomic mass is 9.77. The van der Waals surface area contributed by atoms with Crippen molar-refractivity contribution in [1.82, 2.24) is 15.5 Å². The number of rotatable bonds is 8. The third kappa shape index (κ3) is 5.52. The Bertz CT molecular complexity index is 904. The Labute approximate surface area is 205 Å². The number of nitrogens with zero attached hydrogens (tertiary/aromatic N) is 2. The molecule has 0 amide bonds. The lowest BCUT2D eigenvalue weighted by molar-refractivity contribution is 0.150. The molecular weight excluding hydrogens is 426 g/mol. The second-order valence-electron chi connectivity index (χ2n) is 10.2. The molecule has 0 aromatic heterocycles. The summed E-state index contributed by atoms with van der Waals surface area (Å²) in [6.45, 7) is 4.48. The molecule has 188 valence electrons. The van der Waals surface area contributed by atoms with Crippen molar-refractivity contribution in [2.75, 3.05) is 34.4 Å². The van der Waals surface area contributed by atoms with Crippen LogP contribution in [0.1, 0.15) is 63.9 Å². The zero-order chi connectivity index (χ0) is 24.1. The number of nitrogens with one attached hydrogen (secondary N) is 2. The van der Waals surface area contributed by atoms with Gasteiger partial charge in [0.2, 0.25) is 0 Å². The molecule has 34 heavy (non-hydrogen) atoms. The molecule has 0 radical (unpaired) electrons. The van der Waals surface area contributed by atoms with E-state index < -0.39 is 5.79 Å². The number of likely N-dealkylation sites (N-methyl/N-ethyl adjacent to an activating group) is 1. The van der Waals surface area contributed by atoms with Gasteiger partial charge < -0.3 is 25.0 Å². The van der Waals surface area contributed by atoms with E-state index in [-0.39, 0.29) is 0 Å². The van der Waals surface area contributed by atoms with Gasteiger partial charge in [0.1, 0.15) is 5.84 Å². The largest absolute Gasteiger partial charge is 0.493 e. The van der Waals surface area contributed by atoms with Crippen LogP contribution in [0.3, 0.4) is 0 Å². The predicted octanol–water partition coefficient (Wildman–Crippen LogP) is 3.99. The Morgan fingerprint density at radius 1 is 1.15 bits per heavy atom. The minimum Gasteiger partial charge on any atom is -0.493 e. The van der Waals surface area contributed by atoms with Gasteiger partial charge in [-0.25, -0.2) is 4.99 Å². The van der Waals surface area contributed by atoms with Crippen LogP contribution in [0.5, 0.6) is 11.5 Å². The Balaban J connectivity index is 1.30. The van der Waals surface area contributed by atoms with Gasteiger partial charge in [-0.05, 0) is 88.4 Å². The molecule has 1 unspecified atom stereocenters. The fourth-order valence-electron chi connectivity index (χ4n) is 5.69. The van der Waals surface area contributed by atoms with E-state index >= 15 is 0 Å². The van der Waals surface area contributed by atoms with Crippen molar-refractivity contribution >= 4 is 5.84 Å². The predicted molar refractivity (Wildman–Crippen MR) is 138 cm³/mol. The first-order valence-electron chi connectivity index (χ1n) is 13.0. The molecule has 7 nitrogen and oxygen atoms in total. The molecule has 1 fully saturated rings. The summed E-state index contributed by atoms with van der Waals surface area (Å²) in [6.07, 6.45) is 9.27. The summed E-state index contributed by atoms with van der Waals surface area (Å²) < 4.78 is 11.1. The molecule has 0 saturated heterocycles. The van der Waals surface area contributed by atoms with Gasteiger partial charge in [0, 0.05) is 37.8 Å². The highest BCUT2D eigenvalue weighted by Gasteiger charge is 2.42. The van der Waals surface area contributed by atoms with Gasteiger partial charge in [-0.3, -0.25) is 5.73 Å². The number of benzene rings is 1. The molecule has 4 rings (SSSR count). The molecule has 4 N–H and O–H groups in total. The molecule has 1 heterocycles. The average molecular weight is 470 g/mol. The lowest BCUT2D eigenvalue weighted by Gasteiger charge is -2.45. The van der Waals surface area contributed by atoms with Crippen molar-refractivity contribution in [3.05, 3.63) is 35.0 Å². The molecule has 2 aliphatic carbocycles. The number of methoxy groups -OCH3 is 1. The highest BCUT2D eigenvalue weighted by molar-refractivity contribution is 5.99. The summed E-state index contributed by atoms with van der Waals surface area (Å²) in [6, 6.07) is 6.17. The fourth-order valence-corrected chi connectivity index (χ4v) is 5.69. The smallest absolute Gasteiger partial charge is 0.187 e. The van der Waals surface area contributed by atoms with Crippen LogP contribution in [-0.4, -0.2) is 50.9 Å². The van der Waals surface area contributed by atoms with E-state index in [9.17, 15) is 0 Å². The van der Waals surface area contributed by atoms with E-state index in [1.54, 1.807) is 7.11 Å². The summed E-state index contributed by atoms with van der Waals surface area (Å²) in [5, 5.41) is 7.35. The SMILES string of the molecule is CCOc1cc(CNCC2CCC(C3(N)N=C(N(C)C)C4=C(CCCC4)N3)CC2)ccc1OC. The van der Waals surface area contributed by atoms with E-state index in [2.05, 4.69) is 41.8 Å². The van der Waals surface area contributed by atoms with Gasteiger partial charge >= 0.3 is 0 Å². The number of ether oxygens (including phenoxy) is 2. The van der Waals surface area contributed by atoms with Crippen molar-refractivity contribution in [3.63, 3.8) is 0 Å². The summed E-state index contributed by atoms with van der Waals surface area (Å²) in [4.78, 5) is 7.25. The minimum atomic E-state index is -0.674. The van der Waals surface area contributed by atoms with Crippen molar-refractivity contribution < 1.29 is 9.47 Å². The maximum absolute atomic E-state index is 6.96. The molecule has 1 aromatic rings. The molecule has 1 atom stereocenters. The third-order valence-corrected chi connectivity index (χ3v) is 7.56. The van der Waals surface area contributed by atoms with Crippen LogP contribution in [0.4, 0.5) is 0 Å². The van der Waals surface area contributed by atoms with Gasteiger partial charge in [0.25, 0.3) is 0 Å². The Morgan fingerprint density at radius 2 is 1.91 bits per heavy atom. The molecule has 1 aromatic carbocycles. The van der Waals surface area contributed by atoms with Crippen molar-refractivity contribution in [1.29, 1.82) is 0 Å². The second kappa shape index (κ2) is 11.0. The van der Waals surface area contributed by atoms with Gasteiger partial charge in [-0.15, -0.1) is 0 Å². The molecule has 1 saturated carbocycles. The monoisotopic (exact) mass is 469 g/mol. The highest BCUT2D eigenvalue weighted by Crippen LogP contribution is 2.38. The normalized spacial score (nSPS) is 26.9.